The number of hydrogen-bond acceptors (Lipinski definition) is 6. The van der Waals surface area contributed by atoms with E-state index in [1.807, 2.05) is 0 Å². The van der Waals surface area contributed by atoms with Gasteiger partial charge in [-0.25, -0.2) is 9.59 Å². The zero-order valence-corrected chi connectivity index (χ0v) is 15.6. The van der Waals surface area contributed by atoms with Crippen LogP contribution < -0.4 is 15.0 Å². The van der Waals surface area contributed by atoms with Gasteiger partial charge in [-0.1, -0.05) is 0 Å². The van der Waals surface area contributed by atoms with Crippen LogP contribution in [0.2, 0.25) is 0 Å². The highest BCUT2D eigenvalue weighted by Gasteiger charge is 2.27. The number of carbonyl (C=O) groups excluding carboxylic acids is 2. The Hall–Kier alpha value is -3.49. The lowest BCUT2D eigenvalue weighted by Crippen LogP contribution is -2.38. The SMILES string of the molecule is CC(C)(C)OC(=O)Nc1ccc2c(c1)N(Cc1ccc(C(=O)O)o1)C(=O)CO2. The third-order valence-electron chi connectivity index (χ3n) is 3.73. The summed E-state index contributed by atoms with van der Waals surface area (Å²) >= 11 is 0. The number of carbonyl (C=O) groups is 3. The van der Waals surface area contributed by atoms with Crippen molar-refractivity contribution in [2.24, 2.45) is 0 Å². The number of carboxylic acids is 1. The molecule has 0 saturated heterocycles. The van der Waals surface area contributed by atoms with Crippen LogP contribution in [0.4, 0.5) is 16.2 Å². The number of anilines is 2. The number of nitrogens with zero attached hydrogens (tertiary/aromatic N) is 1. The third kappa shape index (κ3) is 4.43. The van der Waals surface area contributed by atoms with Gasteiger partial charge in [0, 0.05) is 5.69 Å². The van der Waals surface area contributed by atoms with Gasteiger partial charge in [-0.3, -0.25) is 15.0 Å². The lowest BCUT2D eigenvalue weighted by Gasteiger charge is -2.29. The number of furan rings is 1. The fourth-order valence-electron chi connectivity index (χ4n) is 2.61. The Kier molecular flexibility index (Phi) is 5.00. The number of ether oxygens (including phenoxy) is 2. The van der Waals surface area contributed by atoms with Gasteiger partial charge in [-0.2, -0.15) is 0 Å². The summed E-state index contributed by atoms with van der Waals surface area (Å²) < 4.78 is 15.9. The summed E-state index contributed by atoms with van der Waals surface area (Å²) in [7, 11) is 0. The Morgan fingerprint density at radius 2 is 2.00 bits per heavy atom. The topological polar surface area (TPSA) is 118 Å². The van der Waals surface area contributed by atoms with Crippen LogP contribution in [-0.4, -0.2) is 35.3 Å². The second-order valence-electron chi connectivity index (χ2n) is 7.15. The first kappa shape index (κ1) is 19.3. The van der Waals surface area contributed by atoms with Crippen molar-refractivity contribution in [2.45, 2.75) is 32.9 Å². The zero-order chi connectivity index (χ0) is 20.5. The first-order chi connectivity index (χ1) is 13.1. The lowest BCUT2D eigenvalue weighted by molar-refractivity contribution is -0.121. The van der Waals surface area contributed by atoms with Crippen LogP contribution in [0.5, 0.6) is 5.75 Å². The summed E-state index contributed by atoms with van der Waals surface area (Å²) in [5, 5.41) is 11.6. The molecule has 3 rings (SSSR count). The molecule has 0 saturated carbocycles. The molecule has 0 atom stereocenters. The summed E-state index contributed by atoms with van der Waals surface area (Å²) in [5.41, 5.74) is 0.199. The van der Waals surface area contributed by atoms with Crippen molar-refractivity contribution in [3.63, 3.8) is 0 Å². The molecular weight excluding hydrogens is 368 g/mol. The van der Waals surface area contributed by atoms with Crippen LogP contribution in [0, 0.1) is 0 Å². The maximum absolute atomic E-state index is 12.4. The van der Waals surface area contributed by atoms with Crippen molar-refractivity contribution < 1.29 is 33.4 Å². The highest BCUT2D eigenvalue weighted by Crippen LogP contribution is 2.35. The second-order valence-corrected chi connectivity index (χ2v) is 7.15. The van der Waals surface area contributed by atoms with E-state index in [1.54, 1.807) is 39.0 Å². The van der Waals surface area contributed by atoms with Gasteiger partial charge in [0.25, 0.3) is 5.91 Å². The molecule has 0 aliphatic carbocycles. The van der Waals surface area contributed by atoms with E-state index in [0.717, 1.165) is 0 Å². The van der Waals surface area contributed by atoms with Gasteiger partial charge in [0.15, 0.2) is 6.61 Å². The van der Waals surface area contributed by atoms with Crippen LogP contribution in [-0.2, 0) is 16.1 Å². The van der Waals surface area contributed by atoms with Gasteiger partial charge in [0.2, 0.25) is 5.76 Å². The molecule has 2 N–H and O–H groups in total. The molecule has 9 heteroatoms. The Morgan fingerprint density at radius 1 is 1.25 bits per heavy atom. The van der Waals surface area contributed by atoms with E-state index in [2.05, 4.69) is 5.32 Å². The highest BCUT2D eigenvalue weighted by molar-refractivity contribution is 5.99. The van der Waals surface area contributed by atoms with Crippen molar-refractivity contribution in [3.8, 4) is 5.75 Å². The predicted octanol–water partition coefficient (Wildman–Crippen LogP) is 3.25. The second kappa shape index (κ2) is 7.26. The van der Waals surface area contributed by atoms with Crippen LogP contribution >= 0.6 is 0 Å². The third-order valence-corrected chi connectivity index (χ3v) is 3.73. The molecule has 0 spiro atoms. The number of benzene rings is 1. The van der Waals surface area contributed by atoms with E-state index < -0.39 is 17.7 Å². The van der Waals surface area contributed by atoms with Gasteiger partial charge >= 0.3 is 12.1 Å². The normalized spacial score (nSPS) is 13.5. The summed E-state index contributed by atoms with van der Waals surface area (Å²) in [6.45, 7) is 5.13. The molecular formula is C19H20N2O7. The summed E-state index contributed by atoms with van der Waals surface area (Å²) in [4.78, 5) is 36.7. The maximum atomic E-state index is 12.4. The number of nitrogens with one attached hydrogen (secondary N) is 1. The molecule has 28 heavy (non-hydrogen) atoms. The average molecular weight is 388 g/mol. The molecule has 0 radical (unpaired) electrons. The fourth-order valence-corrected chi connectivity index (χ4v) is 2.61. The van der Waals surface area contributed by atoms with Crippen molar-refractivity contribution in [1.82, 2.24) is 0 Å². The van der Waals surface area contributed by atoms with E-state index in [-0.39, 0.29) is 24.8 Å². The summed E-state index contributed by atoms with van der Waals surface area (Å²) in [6.07, 6.45) is -0.626. The summed E-state index contributed by atoms with van der Waals surface area (Å²) in [6, 6.07) is 7.66. The van der Waals surface area contributed by atoms with Gasteiger partial charge in [0.1, 0.15) is 17.1 Å². The molecule has 9 nitrogen and oxygen atoms in total. The van der Waals surface area contributed by atoms with Crippen LogP contribution in [0.15, 0.2) is 34.7 Å². The van der Waals surface area contributed by atoms with E-state index in [0.29, 0.717) is 22.9 Å². The molecule has 148 valence electrons. The number of fused-ring (bicyclic) bond motifs is 1. The van der Waals surface area contributed by atoms with Gasteiger partial charge in [-0.05, 0) is 51.1 Å². The lowest BCUT2D eigenvalue weighted by atomic mass is 10.2. The van der Waals surface area contributed by atoms with Crippen LogP contribution in [0.1, 0.15) is 37.1 Å². The number of amides is 2. The quantitative estimate of drug-likeness (QED) is 0.825. The monoisotopic (exact) mass is 388 g/mol. The number of carboxylic acid groups (broad SMARTS) is 1. The Labute approximate surface area is 160 Å². The molecule has 1 aromatic heterocycles. The molecule has 2 aromatic rings. The summed E-state index contributed by atoms with van der Waals surface area (Å²) in [5.74, 6) is -0.960. The molecule has 0 unspecified atom stereocenters. The fraction of sp³-hybridized carbons (Fsp3) is 0.316. The van der Waals surface area contributed by atoms with Crippen LogP contribution in [0.25, 0.3) is 0 Å². The van der Waals surface area contributed by atoms with Gasteiger partial charge < -0.3 is 19.0 Å². The molecule has 1 aliphatic rings. The number of hydrogen-bond donors (Lipinski definition) is 2. The van der Waals surface area contributed by atoms with E-state index in [4.69, 9.17) is 19.0 Å². The minimum atomic E-state index is -1.19. The first-order valence-electron chi connectivity index (χ1n) is 8.51. The van der Waals surface area contributed by atoms with Gasteiger partial charge in [0.05, 0.1) is 12.2 Å². The largest absolute Gasteiger partial charge is 0.482 e. The van der Waals surface area contributed by atoms with Crippen LogP contribution in [0.3, 0.4) is 0 Å². The van der Waals surface area contributed by atoms with Crippen molar-refractivity contribution in [3.05, 3.63) is 41.9 Å². The Bertz CT molecular complexity index is 927. The molecule has 0 bridgehead atoms. The standard InChI is InChI=1S/C19H20N2O7/c1-19(2,3)28-18(25)20-11-4-6-14-13(8-11)21(16(22)10-26-14)9-12-5-7-15(27-12)17(23)24/h4-8H,9-10H2,1-3H3,(H,20,25)(H,23,24). The van der Waals surface area contributed by atoms with Gasteiger partial charge in [-0.15, -0.1) is 0 Å². The average Bonchev–Trinajstić information content (AvgIpc) is 3.05. The molecule has 1 aliphatic heterocycles. The molecule has 1 aromatic carbocycles. The van der Waals surface area contributed by atoms with E-state index in [9.17, 15) is 14.4 Å². The maximum Gasteiger partial charge on any atom is 0.412 e. The molecule has 0 fully saturated rings. The highest BCUT2D eigenvalue weighted by atomic mass is 16.6. The minimum Gasteiger partial charge on any atom is -0.482 e. The van der Waals surface area contributed by atoms with Crippen molar-refractivity contribution in [1.29, 1.82) is 0 Å². The number of rotatable bonds is 4. The van der Waals surface area contributed by atoms with Crippen molar-refractivity contribution >= 4 is 29.3 Å². The number of aromatic carboxylic acids is 1. The zero-order valence-electron chi connectivity index (χ0n) is 15.6. The van der Waals surface area contributed by atoms with E-state index in [1.165, 1.54) is 17.0 Å². The van der Waals surface area contributed by atoms with Crippen molar-refractivity contribution in [2.75, 3.05) is 16.8 Å². The predicted molar refractivity (Wildman–Crippen MR) is 98.7 cm³/mol. The Morgan fingerprint density at radius 3 is 2.64 bits per heavy atom. The first-order valence-corrected chi connectivity index (χ1v) is 8.51. The minimum absolute atomic E-state index is 0.0262. The smallest absolute Gasteiger partial charge is 0.412 e. The van der Waals surface area contributed by atoms with E-state index >= 15 is 0 Å². The molecule has 2 heterocycles. The molecule has 2 amide bonds. The Balaban J connectivity index is 1.83.